The first-order valence-electron chi connectivity index (χ1n) is 3.96. The molecule has 2 rings (SSSR count). The number of aliphatic hydroxyl groups is 1. The van der Waals surface area contributed by atoms with Crippen LogP contribution in [0.15, 0.2) is 30.5 Å². The molecular formula is C10H10ClNO2. The van der Waals surface area contributed by atoms with Crippen LogP contribution in [0.4, 0.5) is 0 Å². The highest BCUT2D eigenvalue weighted by molar-refractivity contribution is 6.35. The van der Waals surface area contributed by atoms with Gasteiger partial charge in [0.25, 0.3) is 0 Å². The lowest BCUT2D eigenvalue weighted by Crippen LogP contribution is -1.78. The van der Waals surface area contributed by atoms with Crippen molar-refractivity contribution in [1.29, 1.82) is 0 Å². The smallest absolute Gasteiger partial charge is 0.141 e. The van der Waals surface area contributed by atoms with Crippen molar-refractivity contribution in [3.8, 4) is 5.75 Å². The molecule has 0 amide bonds. The predicted molar refractivity (Wildman–Crippen MR) is 56.6 cm³/mol. The molecule has 0 unspecified atom stereocenters. The summed E-state index contributed by atoms with van der Waals surface area (Å²) in [6.07, 6.45) is 1.62. The normalized spacial score (nSPS) is 9.36. The van der Waals surface area contributed by atoms with E-state index in [9.17, 15) is 5.11 Å². The molecule has 0 saturated carbocycles. The molecule has 2 aromatic rings. The van der Waals surface area contributed by atoms with Crippen LogP contribution in [0.25, 0.3) is 10.9 Å². The van der Waals surface area contributed by atoms with Crippen LogP contribution in [0.2, 0.25) is 5.02 Å². The van der Waals surface area contributed by atoms with E-state index in [1.165, 1.54) is 6.07 Å². The third-order valence-electron chi connectivity index (χ3n) is 1.70. The molecule has 0 aliphatic rings. The molecule has 0 aliphatic carbocycles. The van der Waals surface area contributed by atoms with Crippen molar-refractivity contribution in [2.45, 2.75) is 0 Å². The van der Waals surface area contributed by atoms with Crippen LogP contribution in [-0.2, 0) is 0 Å². The molecule has 0 atom stereocenters. The quantitative estimate of drug-likeness (QED) is 0.703. The molecule has 1 heterocycles. The summed E-state index contributed by atoms with van der Waals surface area (Å²) in [6, 6.07) is 6.80. The topological polar surface area (TPSA) is 53.4 Å². The first-order valence-corrected chi connectivity index (χ1v) is 4.34. The number of halogens is 1. The Kier molecular flexibility index (Phi) is 3.68. The molecule has 0 radical (unpaired) electrons. The number of phenols is 1. The van der Waals surface area contributed by atoms with Crippen LogP contribution in [0.1, 0.15) is 0 Å². The van der Waals surface area contributed by atoms with E-state index >= 15 is 0 Å². The number of hydrogen-bond acceptors (Lipinski definition) is 3. The van der Waals surface area contributed by atoms with Gasteiger partial charge in [0.05, 0.1) is 5.02 Å². The fourth-order valence-electron chi connectivity index (χ4n) is 1.12. The summed E-state index contributed by atoms with van der Waals surface area (Å²) in [6.45, 7) is 0. The standard InChI is InChI=1S/C9H6ClNO.CH4O/c10-7-3-4-8(12)9-6(7)2-1-5-11-9;1-2/h1-5,12H;2H,1H3. The van der Waals surface area contributed by atoms with Gasteiger partial charge in [-0.2, -0.15) is 0 Å². The lowest BCUT2D eigenvalue weighted by Gasteiger charge is -2.00. The van der Waals surface area contributed by atoms with Crippen LogP contribution in [0.3, 0.4) is 0 Å². The second-order valence-electron chi connectivity index (χ2n) is 2.47. The first kappa shape index (κ1) is 10.8. The number of nitrogens with zero attached hydrogens (tertiary/aromatic N) is 1. The molecular weight excluding hydrogens is 202 g/mol. The summed E-state index contributed by atoms with van der Waals surface area (Å²) < 4.78 is 0. The van der Waals surface area contributed by atoms with E-state index in [0.717, 1.165) is 12.5 Å². The summed E-state index contributed by atoms with van der Waals surface area (Å²) >= 11 is 5.88. The van der Waals surface area contributed by atoms with Crippen LogP contribution in [0, 0.1) is 0 Å². The van der Waals surface area contributed by atoms with E-state index in [-0.39, 0.29) is 5.75 Å². The van der Waals surface area contributed by atoms with Crippen molar-refractivity contribution >= 4 is 22.5 Å². The molecule has 1 aromatic carbocycles. The minimum atomic E-state index is 0.162. The molecule has 4 heteroatoms. The molecule has 0 fully saturated rings. The van der Waals surface area contributed by atoms with Crippen molar-refractivity contribution in [3.05, 3.63) is 35.5 Å². The number of hydrogen-bond donors (Lipinski definition) is 2. The lowest BCUT2D eigenvalue weighted by molar-refractivity contribution is 0.399. The van der Waals surface area contributed by atoms with Gasteiger partial charge in [0, 0.05) is 18.7 Å². The Balaban J connectivity index is 0.000000461. The van der Waals surface area contributed by atoms with Crippen LogP contribution >= 0.6 is 11.6 Å². The number of aliphatic hydroxyl groups excluding tert-OH is 1. The van der Waals surface area contributed by atoms with Crippen molar-refractivity contribution in [3.63, 3.8) is 0 Å². The Morgan fingerprint density at radius 1 is 1.21 bits per heavy atom. The lowest BCUT2D eigenvalue weighted by atomic mass is 10.2. The number of aromatic hydroxyl groups is 1. The van der Waals surface area contributed by atoms with Gasteiger partial charge in [-0.25, -0.2) is 0 Å². The highest BCUT2D eigenvalue weighted by Gasteiger charge is 2.02. The van der Waals surface area contributed by atoms with Gasteiger partial charge in [0.2, 0.25) is 0 Å². The summed E-state index contributed by atoms with van der Waals surface area (Å²) in [5, 5.41) is 17.8. The summed E-state index contributed by atoms with van der Waals surface area (Å²) in [5.41, 5.74) is 0.546. The molecule has 74 valence electrons. The van der Waals surface area contributed by atoms with E-state index in [1.54, 1.807) is 18.3 Å². The fourth-order valence-corrected chi connectivity index (χ4v) is 1.34. The molecule has 3 nitrogen and oxygen atoms in total. The van der Waals surface area contributed by atoms with Crippen LogP contribution in [-0.4, -0.2) is 22.3 Å². The third kappa shape index (κ3) is 1.95. The second kappa shape index (κ2) is 4.79. The van der Waals surface area contributed by atoms with Crippen molar-refractivity contribution < 1.29 is 10.2 Å². The Morgan fingerprint density at radius 3 is 2.57 bits per heavy atom. The summed E-state index contributed by atoms with van der Waals surface area (Å²) in [5.74, 6) is 0.162. The zero-order valence-corrected chi connectivity index (χ0v) is 8.36. The molecule has 0 spiro atoms. The maximum Gasteiger partial charge on any atom is 0.141 e. The van der Waals surface area contributed by atoms with Gasteiger partial charge < -0.3 is 10.2 Å². The average molecular weight is 212 g/mol. The van der Waals surface area contributed by atoms with Gasteiger partial charge in [0.1, 0.15) is 11.3 Å². The number of aromatic nitrogens is 1. The number of rotatable bonds is 0. The fraction of sp³-hybridized carbons (Fsp3) is 0.100. The Morgan fingerprint density at radius 2 is 1.93 bits per heavy atom. The Bertz CT molecular complexity index is 391. The maximum absolute atomic E-state index is 9.37. The molecule has 0 bridgehead atoms. The second-order valence-corrected chi connectivity index (χ2v) is 2.87. The summed E-state index contributed by atoms with van der Waals surface area (Å²) in [4.78, 5) is 4.01. The van der Waals surface area contributed by atoms with E-state index in [4.69, 9.17) is 16.7 Å². The average Bonchev–Trinajstić information content (AvgIpc) is 2.27. The van der Waals surface area contributed by atoms with E-state index in [0.29, 0.717) is 10.5 Å². The van der Waals surface area contributed by atoms with E-state index in [1.807, 2.05) is 6.07 Å². The SMILES string of the molecule is CO.Oc1ccc(Cl)c2cccnc12. The molecule has 14 heavy (non-hydrogen) atoms. The van der Waals surface area contributed by atoms with Gasteiger partial charge >= 0.3 is 0 Å². The monoisotopic (exact) mass is 211 g/mol. The zero-order valence-electron chi connectivity index (χ0n) is 7.61. The molecule has 0 saturated heterocycles. The van der Waals surface area contributed by atoms with Gasteiger partial charge in [-0.1, -0.05) is 11.6 Å². The first-order chi connectivity index (χ1) is 6.79. The number of benzene rings is 1. The number of fused-ring (bicyclic) bond motifs is 1. The Hall–Kier alpha value is -1.32. The van der Waals surface area contributed by atoms with E-state index in [2.05, 4.69) is 4.98 Å². The predicted octanol–water partition coefficient (Wildman–Crippen LogP) is 2.20. The van der Waals surface area contributed by atoms with Gasteiger partial charge in [-0.3, -0.25) is 4.98 Å². The van der Waals surface area contributed by atoms with Gasteiger partial charge in [0.15, 0.2) is 0 Å². The number of phenolic OH excluding ortho intramolecular Hbond substituents is 1. The highest BCUT2D eigenvalue weighted by atomic mass is 35.5. The van der Waals surface area contributed by atoms with Crippen molar-refractivity contribution in [2.75, 3.05) is 7.11 Å². The van der Waals surface area contributed by atoms with Crippen molar-refractivity contribution in [1.82, 2.24) is 4.98 Å². The largest absolute Gasteiger partial charge is 0.506 e. The zero-order chi connectivity index (χ0) is 10.6. The molecule has 1 aromatic heterocycles. The molecule has 0 aliphatic heterocycles. The van der Waals surface area contributed by atoms with Crippen LogP contribution in [0.5, 0.6) is 5.75 Å². The minimum Gasteiger partial charge on any atom is -0.506 e. The van der Waals surface area contributed by atoms with Crippen molar-refractivity contribution in [2.24, 2.45) is 0 Å². The summed E-state index contributed by atoms with van der Waals surface area (Å²) in [7, 11) is 1.00. The van der Waals surface area contributed by atoms with Gasteiger partial charge in [-0.15, -0.1) is 0 Å². The van der Waals surface area contributed by atoms with Crippen LogP contribution < -0.4 is 0 Å². The highest BCUT2D eigenvalue weighted by Crippen LogP contribution is 2.28. The molecule has 2 N–H and O–H groups in total. The minimum absolute atomic E-state index is 0.162. The Labute approximate surface area is 86.6 Å². The number of pyridine rings is 1. The van der Waals surface area contributed by atoms with Gasteiger partial charge in [-0.05, 0) is 24.3 Å². The maximum atomic E-state index is 9.37. The van der Waals surface area contributed by atoms with E-state index < -0.39 is 0 Å². The third-order valence-corrected chi connectivity index (χ3v) is 2.02.